The second-order valence-corrected chi connectivity index (χ2v) is 9.70. The van der Waals surface area contributed by atoms with Crippen LogP contribution in [0, 0.1) is 0 Å². The van der Waals surface area contributed by atoms with Gasteiger partial charge in [0.25, 0.3) is 0 Å². The molecule has 0 fully saturated rings. The molecule has 0 aliphatic carbocycles. The Bertz CT molecular complexity index is 1500. The van der Waals surface area contributed by atoms with Crippen molar-refractivity contribution in [3.05, 3.63) is 162 Å². The number of rotatable bonds is 10. The Labute approximate surface area is 229 Å². The summed E-state index contributed by atoms with van der Waals surface area (Å²) in [4.78, 5) is 0. The summed E-state index contributed by atoms with van der Waals surface area (Å²) >= 11 is 0. The molecule has 4 nitrogen and oxygen atoms in total. The number of benzene rings is 5. The summed E-state index contributed by atoms with van der Waals surface area (Å²) in [6, 6.07) is 45.9. The van der Waals surface area contributed by atoms with Gasteiger partial charge < -0.3 is 9.47 Å². The van der Waals surface area contributed by atoms with Gasteiger partial charge in [-0.15, -0.1) is 0 Å². The third kappa shape index (κ3) is 6.19. The standard InChI is InChI=1S/C35H31N2O2/c1-3-9-30(10-4-1)25-38-32-19-15-28(16-20-32)23-36-27-37(35-14-8-7-13-34(35)36)24-29-17-21-33(22-18-29)39-26-31-11-5-2-6-12-31/h1-22,27H,23-26H2/q+1. The molecular formula is C35H31N2O2+. The van der Waals surface area contributed by atoms with E-state index in [0.29, 0.717) is 13.2 Å². The van der Waals surface area contributed by atoms with E-state index < -0.39 is 0 Å². The second kappa shape index (κ2) is 11.7. The maximum Gasteiger partial charge on any atom is 0.245 e. The average molecular weight is 512 g/mol. The number of imidazole rings is 1. The number of hydrogen-bond donors (Lipinski definition) is 0. The first-order valence-corrected chi connectivity index (χ1v) is 13.3. The van der Waals surface area contributed by atoms with E-state index in [-0.39, 0.29) is 0 Å². The van der Waals surface area contributed by atoms with Crippen LogP contribution < -0.4 is 14.0 Å². The van der Waals surface area contributed by atoms with Crippen LogP contribution in [0.5, 0.6) is 11.5 Å². The zero-order valence-corrected chi connectivity index (χ0v) is 21.8. The molecule has 0 spiro atoms. The van der Waals surface area contributed by atoms with Gasteiger partial charge in [0, 0.05) is 0 Å². The Balaban J connectivity index is 1.12. The molecule has 0 radical (unpaired) electrons. The van der Waals surface area contributed by atoms with Crippen LogP contribution in [0.2, 0.25) is 0 Å². The molecule has 192 valence electrons. The summed E-state index contributed by atoms with van der Waals surface area (Å²) in [5.74, 6) is 1.76. The smallest absolute Gasteiger partial charge is 0.245 e. The van der Waals surface area contributed by atoms with Gasteiger partial charge in [-0.05, 0) is 58.7 Å². The van der Waals surface area contributed by atoms with Crippen molar-refractivity contribution < 1.29 is 14.0 Å². The Morgan fingerprint density at radius 3 is 1.59 bits per heavy atom. The first-order chi connectivity index (χ1) is 19.3. The van der Waals surface area contributed by atoms with Crippen LogP contribution in [0.15, 0.2) is 140 Å². The Morgan fingerprint density at radius 1 is 0.487 bits per heavy atom. The van der Waals surface area contributed by atoms with E-state index in [1.807, 2.05) is 36.4 Å². The highest BCUT2D eigenvalue weighted by atomic mass is 16.5. The summed E-state index contributed by atoms with van der Waals surface area (Å²) in [6.45, 7) is 2.72. The fourth-order valence-electron chi connectivity index (χ4n) is 4.75. The van der Waals surface area contributed by atoms with Crippen molar-refractivity contribution >= 4 is 11.0 Å². The van der Waals surface area contributed by atoms with Crippen LogP contribution in [0.3, 0.4) is 0 Å². The molecule has 5 aromatic carbocycles. The van der Waals surface area contributed by atoms with Gasteiger partial charge in [0.05, 0.1) is 0 Å². The zero-order valence-electron chi connectivity index (χ0n) is 21.8. The van der Waals surface area contributed by atoms with Crippen LogP contribution in [0.1, 0.15) is 22.3 Å². The monoisotopic (exact) mass is 511 g/mol. The summed E-state index contributed by atoms with van der Waals surface area (Å²) in [6.07, 6.45) is 2.21. The number of hydrogen-bond acceptors (Lipinski definition) is 2. The topological polar surface area (TPSA) is 27.3 Å². The predicted octanol–water partition coefficient (Wildman–Crippen LogP) is 7.18. The van der Waals surface area contributed by atoms with Crippen LogP contribution in [0.4, 0.5) is 0 Å². The molecule has 1 heterocycles. The third-order valence-corrected chi connectivity index (χ3v) is 6.83. The van der Waals surface area contributed by atoms with Crippen molar-refractivity contribution in [1.82, 2.24) is 4.57 Å². The van der Waals surface area contributed by atoms with Gasteiger partial charge in [-0.3, -0.25) is 0 Å². The predicted molar refractivity (Wildman–Crippen MR) is 155 cm³/mol. The Morgan fingerprint density at radius 2 is 1.00 bits per heavy atom. The van der Waals surface area contributed by atoms with Crippen molar-refractivity contribution in [2.75, 3.05) is 0 Å². The van der Waals surface area contributed by atoms with Crippen molar-refractivity contribution in [3.63, 3.8) is 0 Å². The molecule has 39 heavy (non-hydrogen) atoms. The van der Waals surface area contributed by atoms with Crippen molar-refractivity contribution in [2.24, 2.45) is 0 Å². The minimum Gasteiger partial charge on any atom is -0.489 e. The van der Waals surface area contributed by atoms with Crippen molar-refractivity contribution in [2.45, 2.75) is 26.3 Å². The van der Waals surface area contributed by atoms with Crippen molar-refractivity contribution in [1.29, 1.82) is 0 Å². The molecule has 4 heteroatoms. The number of aromatic nitrogens is 2. The van der Waals surface area contributed by atoms with Crippen LogP contribution in [0.25, 0.3) is 11.0 Å². The first-order valence-electron chi connectivity index (χ1n) is 13.3. The van der Waals surface area contributed by atoms with E-state index in [1.54, 1.807) is 0 Å². The third-order valence-electron chi connectivity index (χ3n) is 6.83. The van der Waals surface area contributed by atoms with Crippen molar-refractivity contribution in [3.8, 4) is 11.5 Å². The lowest BCUT2D eigenvalue weighted by Gasteiger charge is -2.07. The summed E-state index contributed by atoms with van der Waals surface area (Å²) in [5.41, 5.74) is 7.22. The number of para-hydroxylation sites is 2. The van der Waals surface area contributed by atoms with E-state index in [4.69, 9.17) is 9.47 Å². The molecule has 0 bridgehead atoms. The SMILES string of the molecule is c1ccc(COc2ccc(Cn3c[n+](Cc4ccc(OCc5ccccc5)cc4)c4ccccc43)cc2)cc1. The molecular weight excluding hydrogens is 480 g/mol. The number of nitrogens with zero attached hydrogens (tertiary/aromatic N) is 2. The van der Waals surface area contributed by atoms with Gasteiger partial charge in [0.2, 0.25) is 6.33 Å². The van der Waals surface area contributed by atoms with Crippen LogP contribution in [-0.4, -0.2) is 4.57 Å². The quantitative estimate of drug-likeness (QED) is 0.182. The van der Waals surface area contributed by atoms with E-state index in [0.717, 1.165) is 24.6 Å². The van der Waals surface area contributed by atoms with Gasteiger partial charge >= 0.3 is 0 Å². The van der Waals surface area contributed by atoms with Gasteiger partial charge in [-0.1, -0.05) is 97.1 Å². The normalized spacial score (nSPS) is 11.0. The summed E-state index contributed by atoms with van der Waals surface area (Å²) < 4.78 is 16.6. The maximum absolute atomic E-state index is 5.96. The van der Waals surface area contributed by atoms with Crippen LogP contribution in [-0.2, 0) is 26.3 Å². The highest BCUT2D eigenvalue weighted by molar-refractivity contribution is 5.71. The highest BCUT2D eigenvalue weighted by Gasteiger charge is 2.16. The minimum absolute atomic E-state index is 0.572. The number of ether oxygens (including phenoxy) is 2. The summed E-state index contributed by atoms with van der Waals surface area (Å²) in [5, 5.41) is 0. The molecule has 6 rings (SSSR count). The average Bonchev–Trinajstić information content (AvgIpc) is 3.34. The molecule has 0 N–H and O–H groups in total. The van der Waals surface area contributed by atoms with Gasteiger partial charge in [0.15, 0.2) is 11.0 Å². The zero-order chi connectivity index (χ0) is 26.3. The second-order valence-electron chi connectivity index (χ2n) is 9.70. The minimum atomic E-state index is 0.572. The molecule has 1 aromatic heterocycles. The molecule has 0 atom stereocenters. The van der Waals surface area contributed by atoms with E-state index >= 15 is 0 Å². The Hall–Kier alpha value is -4.83. The molecule has 0 amide bonds. The molecule has 0 saturated heterocycles. The molecule has 0 unspecified atom stereocenters. The molecule has 0 saturated carbocycles. The van der Waals surface area contributed by atoms with E-state index in [9.17, 15) is 0 Å². The number of fused-ring (bicyclic) bond motifs is 1. The highest BCUT2D eigenvalue weighted by Crippen LogP contribution is 2.19. The van der Waals surface area contributed by atoms with Gasteiger partial charge in [-0.25, -0.2) is 9.13 Å². The fourth-order valence-corrected chi connectivity index (χ4v) is 4.75. The van der Waals surface area contributed by atoms with Gasteiger partial charge in [-0.2, -0.15) is 0 Å². The maximum atomic E-state index is 5.96. The largest absolute Gasteiger partial charge is 0.489 e. The lowest BCUT2D eigenvalue weighted by molar-refractivity contribution is -0.663. The molecule has 6 aromatic rings. The first kappa shape index (κ1) is 24.5. The summed E-state index contributed by atoms with van der Waals surface area (Å²) in [7, 11) is 0. The molecule has 0 aliphatic heterocycles. The lowest BCUT2D eigenvalue weighted by Crippen LogP contribution is -2.32. The lowest BCUT2D eigenvalue weighted by atomic mass is 10.2. The van der Waals surface area contributed by atoms with E-state index in [2.05, 4.69) is 113 Å². The van der Waals surface area contributed by atoms with Crippen LogP contribution >= 0.6 is 0 Å². The van der Waals surface area contributed by atoms with Gasteiger partial charge in [0.1, 0.15) is 37.8 Å². The molecule has 0 aliphatic rings. The van der Waals surface area contributed by atoms with E-state index in [1.165, 1.54) is 33.3 Å². The Kier molecular flexibility index (Phi) is 7.35. The fraction of sp³-hybridized carbons (Fsp3) is 0.114.